The molecule has 8 nitrogen and oxygen atoms in total. The van der Waals surface area contributed by atoms with Crippen molar-refractivity contribution in [3.8, 4) is 17.2 Å². The van der Waals surface area contributed by atoms with Gasteiger partial charge >= 0.3 is 12.1 Å². The van der Waals surface area contributed by atoms with Crippen molar-refractivity contribution in [2.45, 2.75) is 32.3 Å². The van der Waals surface area contributed by atoms with Crippen LogP contribution in [0.5, 0.6) is 17.2 Å². The Morgan fingerprint density at radius 3 is 2.14 bits per heavy atom. The zero-order valence-electron chi connectivity index (χ0n) is 22.9. The van der Waals surface area contributed by atoms with Gasteiger partial charge in [0.25, 0.3) is 0 Å². The Bertz CT molecular complexity index is 1310. The molecule has 12 heteroatoms. The van der Waals surface area contributed by atoms with Gasteiger partial charge in [0.2, 0.25) is 0 Å². The molecule has 1 unspecified atom stereocenters. The van der Waals surface area contributed by atoms with Crippen LogP contribution >= 0.6 is 23.2 Å². The lowest BCUT2D eigenvalue weighted by atomic mass is 10.1. The summed E-state index contributed by atoms with van der Waals surface area (Å²) in [6.45, 7) is 2.89. The third-order valence-corrected chi connectivity index (χ3v) is 6.34. The van der Waals surface area contributed by atoms with E-state index in [1.165, 1.54) is 4.90 Å². The molecule has 0 saturated carbocycles. The number of carboxylic acid groups (broad SMARTS) is 1. The van der Waals surface area contributed by atoms with Crippen molar-refractivity contribution in [2.75, 3.05) is 32.9 Å². The first-order valence-corrected chi connectivity index (χ1v) is 14.0. The lowest BCUT2D eigenvalue weighted by molar-refractivity contribution is -0.149. The molecule has 1 atom stereocenters. The number of halogens is 4. The van der Waals surface area contributed by atoms with Crippen LogP contribution in [0.2, 0.25) is 10.0 Å². The Kier molecular flexibility index (Phi) is 13.1. The summed E-state index contributed by atoms with van der Waals surface area (Å²) in [7, 11) is 0. The minimum Gasteiger partial charge on any atom is -0.493 e. The summed E-state index contributed by atoms with van der Waals surface area (Å²) >= 11 is 12.0. The highest BCUT2D eigenvalue weighted by atomic mass is 35.5. The van der Waals surface area contributed by atoms with Crippen molar-refractivity contribution in [3.63, 3.8) is 0 Å². The second-order valence-corrected chi connectivity index (χ2v) is 9.94. The summed E-state index contributed by atoms with van der Waals surface area (Å²) in [5.74, 6) is -2.31. The van der Waals surface area contributed by atoms with Gasteiger partial charge in [-0.1, -0.05) is 35.3 Å². The van der Waals surface area contributed by atoms with Crippen LogP contribution in [0, 0.1) is 11.6 Å². The molecule has 0 bridgehead atoms. The van der Waals surface area contributed by atoms with E-state index in [4.69, 9.17) is 42.1 Å². The number of carbonyl (C=O) groups is 2. The summed E-state index contributed by atoms with van der Waals surface area (Å²) in [5, 5.41) is 10.2. The van der Waals surface area contributed by atoms with E-state index in [0.29, 0.717) is 41.0 Å². The smallest absolute Gasteiger partial charge is 0.415 e. The summed E-state index contributed by atoms with van der Waals surface area (Å²) in [6, 6.07) is 14.6. The Labute approximate surface area is 252 Å². The molecular formula is C30H31Cl2F2NO7. The van der Waals surface area contributed by atoms with Crippen molar-refractivity contribution >= 4 is 35.3 Å². The highest BCUT2D eigenvalue weighted by molar-refractivity contribution is 6.34. The van der Waals surface area contributed by atoms with Crippen LogP contribution < -0.4 is 14.2 Å². The van der Waals surface area contributed by atoms with Crippen LogP contribution in [0.3, 0.4) is 0 Å². The van der Waals surface area contributed by atoms with Gasteiger partial charge in [-0.2, -0.15) is 0 Å². The Hall–Kier alpha value is -3.60. The lowest BCUT2D eigenvalue weighted by Gasteiger charge is -2.22. The number of hydrogen-bond acceptors (Lipinski definition) is 6. The van der Waals surface area contributed by atoms with Crippen LogP contribution in [-0.4, -0.2) is 61.1 Å². The van der Waals surface area contributed by atoms with Crippen LogP contribution in [0.25, 0.3) is 0 Å². The van der Waals surface area contributed by atoms with Crippen molar-refractivity contribution in [3.05, 3.63) is 87.9 Å². The predicted octanol–water partition coefficient (Wildman–Crippen LogP) is 7.04. The third kappa shape index (κ3) is 11.0. The maximum atomic E-state index is 13.6. The molecule has 0 radical (unpaired) electrons. The first-order valence-electron chi connectivity index (χ1n) is 13.2. The maximum Gasteiger partial charge on any atom is 0.415 e. The van der Waals surface area contributed by atoms with Crippen molar-refractivity contribution in [1.82, 2.24) is 4.90 Å². The molecule has 226 valence electrons. The molecule has 3 aromatic rings. The number of amides is 1. The van der Waals surface area contributed by atoms with E-state index in [1.807, 2.05) is 0 Å². The van der Waals surface area contributed by atoms with Crippen LogP contribution in [0.1, 0.15) is 25.3 Å². The fourth-order valence-electron chi connectivity index (χ4n) is 3.83. The maximum absolute atomic E-state index is 13.6. The predicted molar refractivity (Wildman–Crippen MR) is 154 cm³/mol. The lowest BCUT2D eigenvalue weighted by Crippen LogP contribution is -2.37. The first-order chi connectivity index (χ1) is 20.1. The van der Waals surface area contributed by atoms with Crippen molar-refractivity contribution in [2.24, 2.45) is 0 Å². The van der Waals surface area contributed by atoms with E-state index in [9.17, 15) is 23.5 Å². The fourth-order valence-corrected chi connectivity index (χ4v) is 4.34. The molecule has 42 heavy (non-hydrogen) atoms. The van der Waals surface area contributed by atoms with Crippen LogP contribution in [-0.2, 0) is 16.0 Å². The summed E-state index contributed by atoms with van der Waals surface area (Å²) in [5.41, 5.74) is 0.766. The quantitative estimate of drug-likeness (QED) is 0.171. The Morgan fingerprint density at radius 2 is 1.50 bits per heavy atom. The highest BCUT2D eigenvalue weighted by Gasteiger charge is 2.19. The molecule has 0 aliphatic heterocycles. The highest BCUT2D eigenvalue weighted by Crippen LogP contribution is 2.24. The van der Waals surface area contributed by atoms with Gasteiger partial charge in [-0.3, -0.25) is 0 Å². The average molecular weight is 626 g/mol. The van der Waals surface area contributed by atoms with E-state index in [0.717, 1.165) is 23.8 Å². The Morgan fingerprint density at radius 1 is 0.833 bits per heavy atom. The zero-order chi connectivity index (χ0) is 30.5. The van der Waals surface area contributed by atoms with E-state index in [1.54, 1.807) is 49.4 Å². The normalized spacial score (nSPS) is 11.5. The van der Waals surface area contributed by atoms with Gasteiger partial charge < -0.3 is 29.0 Å². The minimum atomic E-state index is -1.13. The van der Waals surface area contributed by atoms with Gasteiger partial charge in [-0.05, 0) is 67.8 Å². The van der Waals surface area contributed by atoms with Gasteiger partial charge in [0.05, 0.1) is 13.2 Å². The number of carboxylic acids is 1. The monoisotopic (exact) mass is 625 g/mol. The number of ether oxygens (including phenoxy) is 4. The average Bonchev–Trinajstić information content (AvgIpc) is 2.94. The van der Waals surface area contributed by atoms with Crippen LogP contribution in [0.4, 0.5) is 13.6 Å². The molecule has 0 spiro atoms. The zero-order valence-corrected chi connectivity index (χ0v) is 24.4. The second kappa shape index (κ2) is 16.7. The third-order valence-electron chi connectivity index (χ3n) is 5.90. The molecule has 0 aliphatic rings. The second-order valence-electron chi connectivity index (χ2n) is 9.07. The molecular weight excluding hydrogens is 595 g/mol. The van der Waals surface area contributed by atoms with Gasteiger partial charge in [0.15, 0.2) is 17.7 Å². The van der Waals surface area contributed by atoms with Gasteiger partial charge in [-0.25, -0.2) is 18.4 Å². The molecule has 3 rings (SSSR count). The molecule has 0 aliphatic carbocycles. The number of hydrogen-bond donors (Lipinski definition) is 1. The summed E-state index contributed by atoms with van der Waals surface area (Å²) < 4.78 is 48.9. The van der Waals surface area contributed by atoms with E-state index in [-0.39, 0.29) is 38.5 Å². The first kappa shape index (κ1) is 32.9. The van der Waals surface area contributed by atoms with Gasteiger partial charge in [0, 0.05) is 35.7 Å². The van der Waals surface area contributed by atoms with E-state index >= 15 is 0 Å². The van der Waals surface area contributed by atoms with Crippen molar-refractivity contribution < 1.29 is 42.4 Å². The molecule has 1 amide bonds. The number of carbonyl (C=O) groups excluding carboxylic acids is 1. The number of rotatable bonds is 16. The molecule has 1 N–H and O–H groups in total. The topological polar surface area (TPSA) is 94.5 Å². The van der Waals surface area contributed by atoms with Gasteiger partial charge in [0.1, 0.15) is 23.9 Å². The Balaban J connectivity index is 1.54. The molecule has 0 fully saturated rings. The molecule has 0 heterocycles. The molecule has 0 saturated heterocycles. The minimum absolute atomic E-state index is 0.112. The summed E-state index contributed by atoms with van der Waals surface area (Å²) in [6.07, 6.45) is -0.357. The number of unbranched alkanes of at least 4 members (excludes halogenated alkanes) is 1. The number of aliphatic carboxylic acids is 1. The molecule has 3 aromatic carbocycles. The van der Waals surface area contributed by atoms with Crippen LogP contribution in [0.15, 0.2) is 60.7 Å². The number of benzene rings is 3. The van der Waals surface area contributed by atoms with Crippen molar-refractivity contribution in [1.29, 1.82) is 0 Å². The fraction of sp³-hybridized carbons (Fsp3) is 0.333. The van der Waals surface area contributed by atoms with Gasteiger partial charge in [-0.15, -0.1) is 0 Å². The molecule has 0 aromatic heterocycles. The van der Waals surface area contributed by atoms with E-state index in [2.05, 4.69) is 0 Å². The SMILES string of the molecule is CCOC(Cc1ccc(OCCN(CCCCOc2cc(Cl)cc(Cl)c2)C(=O)Oc2ccc(F)c(F)c2)cc1)C(=O)O. The largest absolute Gasteiger partial charge is 0.493 e. The van der Waals surface area contributed by atoms with E-state index < -0.39 is 29.8 Å². The number of nitrogens with zero attached hydrogens (tertiary/aromatic N) is 1. The standard InChI is InChI=1S/C30H31Cl2F2NO7/c1-2-39-28(29(36)37)15-20-5-7-23(8-6-20)41-14-12-35(30(38)42-24-9-10-26(33)27(34)19-24)11-3-4-13-40-25-17-21(31)16-22(32)18-25/h5-10,16-19,28H,2-4,11-15H2,1H3,(H,36,37). The summed E-state index contributed by atoms with van der Waals surface area (Å²) in [4.78, 5) is 25.6.